The molecule has 1 aliphatic rings. The lowest BCUT2D eigenvalue weighted by molar-refractivity contribution is 0.186. The van der Waals surface area contributed by atoms with Crippen molar-refractivity contribution in [3.63, 3.8) is 0 Å². The number of aryl methyl sites for hydroxylation is 1. The summed E-state index contributed by atoms with van der Waals surface area (Å²) in [6.45, 7) is 11.2. The summed E-state index contributed by atoms with van der Waals surface area (Å²) in [5, 5.41) is 13.8. The molecule has 0 unspecified atom stereocenters. The van der Waals surface area contributed by atoms with Gasteiger partial charge in [-0.05, 0) is 85.5 Å². The molecule has 2 aromatic heterocycles. The maximum Gasteiger partial charge on any atom is 0.253 e. The molecule has 1 saturated heterocycles. The lowest BCUT2D eigenvalue weighted by Gasteiger charge is -2.40. The highest BCUT2D eigenvalue weighted by Gasteiger charge is 2.35. The van der Waals surface area contributed by atoms with Crippen LogP contribution in [0.25, 0.3) is 10.9 Å². The molecule has 0 saturated carbocycles. The first-order valence-corrected chi connectivity index (χ1v) is 12.4. The van der Waals surface area contributed by atoms with E-state index in [1.54, 1.807) is 0 Å². The third kappa shape index (κ3) is 4.51. The van der Waals surface area contributed by atoms with Crippen LogP contribution in [0.3, 0.4) is 0 Å². The summed E-state index contributed by atoms with van der Waals surface area (Å²) < 4.78 is 15.3. The number of rotatable bonds is 6. The Morgan fingerprint density at radius 1 is 1.06 bits per heavy atom. The van der Waals surface area contributed by atoms with E-state index in [0.717, 1.165) is 41.7 Å². The molecule has 0 amide bonds. The number of nitrogens with one attached hydrogen (secondary N) is 1. The fourth-order valence-corrected chi connectivity index (χ4v) is 4.88. The summed E-state index contributed by atoms with van der Waals surface area (Å²) in [5.74, 6) is 0.420. The summed E-state index contributed by atoms with van der Waals surface area (Å²) >= 11 is 0. The van der Waals surface area contributed by atoms with Crippen molar-refractivity contribution in [1.29, 1.82) is 0 Å². The fourth-order valence-electron chi connectivity index (χ4n) is 4.88. The topological polar surface area (TPSA) is 82.9 Å². The predicted molar refractivity (Wildman–Crippen MR) is 139 cm³/mol. The molecular weight excluding hydrogens is 457 g/mol. The van der Waals surface area contributed by atoms with E-state index in [2.05, 4.69) is 57.1 Å². The van der Waals surface area contributed by atoms with Crippen LogP contribution in [-0.2, 0) is 5.54 Å². The van der Waals surface area contributed by atoms with Gasteiger partial charge in [0.25, 0.3) is 5.56 Å². The Morgan fingerprint density at radius 2 is 1.78 bits per heavy atom. The molecule has 5 rings (SSSR count). The van der Waals surface area contributed by atoms with E-state index in [0.29, 0.717) is 24.5 Å². The number of piperazine rings is 1. The van der Waals surface area contributed by atoms with Gasteiger partial charge in [0.2, 0.25) is 0 Å². The number of tetrazole rings is 1. The molecule has 0 aliphatic carbocycles. The number of pyridine rings is 1. The van der Waals surface area contributed by atoms with E-state index >= 15 is 0 Å². The van der Waals surface area contributed by atoms with E-state index in [4.69, 9.17) is 0 Å². The number of benzene rings is 2. The number of H-pyrrole nitrogens is 1. The van der Waals surface area contributed by atoms with Crippen LogP contribution in [0.4, 0.5) is 10.1 Å². The normalized spacial score (nSPS) is 16.0. The molecule has 3 heterocycles. The molecule has 0 radical (unpaired) electrons. The molecule has 8 nitrogen and oxygen atoms in total. The van der Waals surface area contributed by atoms with Crippen LogP contribution < -0.4 is 10.5 Å². The second-order valence-corrected chi connectivity index (χ2v) is 10.2. The second-order valence-electron chi connectivity index (χ2n) is 10.2. The van der Waals surface area contributed by atoms with Crippen LogP contribution in [0, 0.1) is 12.7 Å². The van der Waals surface area contributed by atoms with Crippen LogP contribution >= 0.6 is 0 Å². The highest BCUT2D eigenvalue weighted by Crippen LogP contribution is 2.32. The average Bonchev–Trinajstić information content (AvgIpc) is 3.36. The number of fused-ring (bicyclic) bond motifs is 1. The van der Waals surface area contributed by atoms with Crippen molar-refractivity contribution in [3.05, 3.63) is 81.7 Å². The van der Waals surface area contributed by atoms with Crippen molar-refractivity contribution >= 4 is 16.6 Å². The molecule has 188 valence electrons. The Morgan fingerprint density at radius 3 is 2.47 bits per heavy atom. The van der Waals surface area contributed by atoms with Gasteiger partial charge >= 0.3 is 0 Å². The van der Waals surface area contributed by atoms with Gasteiger partial charge < -0.3 is 9.88 Å². The van der Waals surface area contributed by atoms with Gasteiger partial charge in [0, 0.05) is 42.9 Å². The van der Waals surface area contributed by atoms with E-state index in [1.807, 2.05) is 41.9 Å². The van der Waals surface area contributed by atoms with Crippen molar-refractivity contribution < 1.29 is 4.39 Å². The maximum atomic E-state index is 13.4. The summed E-state index contributed by atoms with van der Waals surface area (Å²) in [6, 6.07) is 14.2. The Labute approximate surface area is 209 Å². The van der Waals surface area contributed by atoms with Crippen LogP contribution in [-0.4, -0.2) is 56.3 Å². The minimum absolute atomic E-state index is 0.138. The third-order valence-corrected chi connectivity index (χ3v) is 7.37. The van der Waals surface area contributed by atoms with E-state index < -0.39 is 6.04 Å². The van der Waals surface area contributed by atoms with Crippen molar-refractivity contribution in [2.45, 2.75) is 45.7 Å². The molecule has 0 spiro atoms. The summed E-state index contributed by atoms with van der Waals surface area (Å²) in [5.41, 5.74) is 3.10. The summed E-state index contributed by atoms with van der Waals surface area (Å²) in [7, 11) is 0. The first-order valence-electron chi connectivity index (χ1n) is 12.4. The number of halogens is 1. The standard InChI is InChI=1S/C27H32FN7O/c1-5-27(3,4)35-25(30-31-32-35)24(22-17-19-16-18(2)6-11-23(19)29-26(22)36)34-14-12-33(13-15-34)21-9-7-20(28)8-10-21/h6-11,16-17,24H,5,12-15H2,1-4H3,(H,29,36)/t24-/m1/s1. The highest BCUT2D eigenvalue weighted by molar-refractivity contribution is 5.79. The van der Waals surface area contributed by atoms with Gasteiger partial charge in [0.1, 0.15) is 11.9 Å². The lowest BCUT2D eigenvalue weighted by atomic mass is 9.98. The van der Waals surface area contributed by atoms with Gasteiger partial charge in [-0.3, -0.25) is 9.69 Å². The molecule has 9 heteroatoms. The molecule has 1 atom stereocenters. The zero-order valence-electron chi connectivity index (χ0n) is 21.2. The molecular formula is C27H32FN7O. The Bertz CT molecular complexity index is 1420. The van der Waals surface area contributed by atoms with Gasteiger partial charge in [0.05, 0.1) is 5.54 Å². The summed E-state index contributed by atoms with van der Waals surface area (Å²) in [6.07, 6.45) is 0.837. The van der Waals surface area contributed by atoms with Crippen molar-refractivity contribution in [3.8, 4) is 0 Å². The van der Waals surface area contributed by atoms with Crippen LogP contribution in [0.2, 0.25) is 0 Å². The van der Waals surface area contributed by atoms with Gasteiger partial charge in [0.15, 0.2) is 5.82 Å². The first kappa shape index (κ1) is 24.1. The van der Waals surface area contributed by atoms with E-state index in [-0.39, 0.29) is 16.9 Å². The zero-order valence-corrected chi connectivity index (χ0v) is 21.2. The Kier molecular flexibility index (Phi) is 6.34. The number of anilines is 1. The fraction of sp³-hybridized carbons (Fsp3) is 0.407. The zero-order chi connectivity index (χ0) is 25.4. The van der Waals surface area contributed by atoms with Crippen molar-refractivity contribution in [2.75, 3.05) is 31.1 Å². The smallest absolute Gasteiger partial charge is 0.253 e. The quantitative estimate of drug-likeness (QED) is 0.441. The van der Waals surface area contributed by atoms with Gasteiger partial charge in [-0.15, -0.1) is 5.10 Å². The minimum Gasteiger partial charge on any atom is -0.369 e. The SMILES string of the molecule is CCC(C)(C)n1nnnc1[C@@H](c1cc2cc(C)ccc2[nH]c1=O)N1CCN(c2ccc(F)cc2)CC1. The van der Waals surface area contributed by atoms with Gasteiger partial charge in [-0.2, -0.15) is 0 Å². The molecule has 2 aromatic carbocycles. The lowest BCUT2D eigenvalue weighted by Crippen LogP contribution is -2.49. The molecule has 1 fully saturated rings. The predicted octanol–water partition coefficient (Wildman–Crippen LogP) is 4.02. The molecule has 1 N–H and O–H groups in total. The average molecular weight is 490 g/mol. The highest BCUT2D eigenvalue weighted by atomic mass is 19.1. The monoisotopic (exact) mass is 489 g/mol. The number of hydrogen-bond acceptors (Lipinski definition) is 6. The van der Waals surface area contributed by atoms with Crippen molar-refractivity contribution in [2.24, 2.45) is 0 Å². The van der Waals surface area contributed by atoms with Crippen molar-refractivity contribution in [1.82, 2.24) is 30.1 Å². The number of hydrogen-bond donors (Lipinski definition) is 1. The van der Waals surface area contributed by atoms with E-state index in [1.165, 1.54) is 12.1 Å². The summed E-state index contributed by atoms with van der Waals surface area (Å²) in [4.78, 5) is 21.0. The van der Waals surface area contributed by atoms with Crippen LogP contribution in [0.5, 0.6) is 0 Å². The molecule has 0 bridgehead atoms. The molecule has 1 aliphatic heterocycles. The van der Waals surface area contributed by atoms with Gasteiger partial charge in [-0.25, -0.2) is 9.07 Å². The molecule has 4 aromatic rings. The third-order valence-electron chi connectivity index (χ3n) is 7.37. The van der Waals surface area contributed by atoms with Crippen LogP contribution in [0.1, 0.15) is 50.2 Å². The Balaban J connectivity index is 1.56. The van der Waals surface area contributed by atoms with Gasteiger partial charge in [-0.1, -0.05) is 18.6 Å². The second kappa shape index (κ2) is 9.46. The number of aromatic nitrogens is 5. The Hall–Kier alpha value is -3.59. The minimum atomic E-state index is -0.408. The number of nitrogens with zero attached hydrogens (tertiary/aromatic N) is 6. The first-order chi connectivity index (χ1) is 17.3. The van der Waals surface area contributed by atoms with E-state index in [9.17, 15) is 9.18 Å². The molecule has 36 heavy (non-hydrogen) atoms. The largest absolute Gasteiger partial charge is 0.369 e. The maximum absolute atomic E-state index is 13.4. The van der Waals surface area contributed by atoms with Crippen LogP contribution in [0.15, 0.2) is 53.3 Å². The number of aromatic amines is 1.